The highest BCUT2D eigenvalue weighted by Gasteiger charge is 2.30. The first-order valence-corrected chi connectivity index (χ1v) is 7.71. The molecule has 0 fully saturated rings. The summed E-state index contributed by atoms with van der Waals surface area (Å²) in [6.07, 6.45) is -2.75. The van der Waals surface area contributed by atoms with E-state index in [1.807, 2.05) is 0 Å². The molecule has 1 aromatic carbocycles. The van der Waals surface area contributed by atoms with Crippen LogP contribution in [0.4, 0.5) is 13.2 Å². The summed E-state index contributed by atoms with van der Waals surface area (Å²) < 4.78 is 48.2. The number of ether oxygens (including phenoxy) is 1. The lowest BCUT2D eigenvalue weighted by Gasteiger charge is -2.08. The SMILES string of the molecule is OCCCc1nc(-c2cccc(Oc3ccc(C(F)(F)F)cn3)c2)no1. The van der Waals surface area contributed by atoms with Gasteiger partial charge < -0.3 is 14.4 Å². The van der Waals surface area contributed by atoms with Gasteiger partial charge in [0.05, 0.1) is 5.56 Å². The van der Waals surface area contributed by atoms with E-state index in [-0.39, 0.29) is 12.5 Å². The number of aliphatic hydroxyl groups excluding tert-OH is 1. The van der Waals surface area contributed by atoms with Gasteiger partial charge in [0, 0.05) is 30.9 Å². The van der Waals surface area contributed by atoms with E-state index in [9.17, 15) is 13.2 Å². The Kier molecular flexibility index (Phi) is 5.17. The van der Waals surface area contributed by atoms with Gasteiger partial charge >= 0.3 is 6.18 Å². The van der Waals surface area contributed by atoms with Gasteiger partial charge in [-0.05, 0) is 24.6 Å². The standard InChI is InChI=1S/C17H14F3N3O3/c18-17(19,20)12-6-7-14(21-10-12)25-13-4-1-3-11(9-13)16-22-15(26-23-16)5-2-8-24/h1,3-4,6-7,9-10,24H,2,5,8H2. The Labute approximate surface area is 146 Å². The summed E-state index contributed by atoms with van der Waals surface area (Å²) in [7, 11) is 0. The molecule has 0 atom stereocenters. The lowest BCUT2D eigenvalue weighted by molar-refractivity contribution is -0.137. The zero-order valence-corrected chi connectivity index (χ0v) is 13.4. The van der Waals surface area contributed by atoms with E-state index in [1.165, 1.54) is 0 Å². The number of nitrogens with zero attached hydrogens (tertiary/aromatic N) is 3. The first kappa shape index (κ1) is 17.9. The van der Waals surface area contributed by atoms with Gasteiger partial charge in [-0.3, -0.25) is 0 Å². The third-order valence-corrected chi connectivity index (χ3v) is 3.40. The van der Waals surface area contributed by atoms with Crippen molar-refractivity contribution in [3.05, 3.63) is 54.0 Å². The minimum atomic E-state index is -4.45. The molecular weight excluding hydrogens is 351 g/mol. The van der Waals surface area contributed by atoms with Crippen molar-refractivity contribution < 1.29 is 27.5 Å². The number of rotatable bonds is 6. The Hall–Kier alpha value is -2.94. The third-order valence-electron chi connectivity index (χ3n) is 3.40. The van der Waals surface area contributed by atoms with Crippen molar-refractivity contribution in [3.8, 4) is 23.0 Å². The van der Waals surface area contributed by atoms with Crippen molar-refractivity contribution >= 4 is 0 Å². The molecule has 0 radical (unpaired) electrons. The van der Waals surface area contributed by atoms with Crippen molar-refractivity contribution in [3.63, 3.8) is 0 Å². The Morgan fingerprint density at radius 1 is 1.15 bits per heavy atom. The summed E-state index contributed by atoms with van der Waals surface area (Å²) >= 11 is 0. The monoisotopic (exact) mass is 365 g/mol. The number of halogens is 3. The highest BCUT2D eigenvalue weighted by molar-refractivity contribution is 5.57. The van der Waals surface area contributed by atoms with Gasteiger partial charge in [-0.2, -0.15) is 18.2 Å². The molecule has 0 amide bonds. The predicted octanol–water partition coefficient (Wildman–Crippen LogP) is 3.87. The number of pyridine rings is 1. The van der Waals surface area contributed by atoms with E-state index in [1.54, 1.807) is 24.3 Å². The zero-order valence-electron chi connectivity index (χ0n) is 13.4. The number of alkyl halides is 3. The molecule has 3 rings (SSSR count). The van der Waals surface area contributed by atoms with Crippen molar-refractivity contribution in [1.82, 2.24) is 15.1 Å². The van der Waals surface area contributed by atoms with Gasteiger partial charge in [0.15, 0.2) is 0 Å². The molecule has 6 nitrogen and oxygen atoms in total. The summed E-state index contributed by atoms with van der Waals surface area (Å²) in [5, 5.41) is 12.7. The van der Waals surface area contributed by atoms with Crippen LogP contribution in [0.5, 0.6) is 11.6 Å². The van der Waals surface area contributed by atoms with Gasteiger partial charge in [-0.15, -0.1) is 0 Å². The lowest BCUT2D eigenvalue weighted by Crippen LogP contribution is -2.05. The van der Waals surface area contributed by atoms with Crippen LogP contribution < -0.4 is 4.74 Å². The number of benzene rings is 1. The fraction of sp³-hybridized carbons (Fsp3) is 0.235. The normalized spacial score (nSPS) is 11.5. The number of hydrogen-bond donors (Lipinski definition) is 1. The molecule has 0 unspecified atom stereocenters. The molecule has 3 aromatic rings. The fourth-order valence-electron chi connectivity index (χ4n) is 2.13. The molecule has 2 heterocycles. The van der Waals surface area contributed by atoms with Crippen molar-refractivity contribution in [2.75, 3.05) is 6.61 Å². The Morgan fingerprint density at radius 2 is 2.00 bits per heavy atom. The molecule has 0 aliphatic carbocycles. The topological polar surface area (TPSA) is 81.3 Å². The first-order chi connectivity index (χ1) is 12.5. The molecule has 0 aliphatic rings. The molecule has 0 aliphatic heterocycles. The lowest BCUT2D eigenvalue weighted by atomic mass is 10.2. The average molecular weight is 365 g/mol. The van der Waals surface area contributed by atoms with Gasteiger partial charge in [0.1, 0.15) is 5.75 Å². The van der Waals surface area contributed by atoms with Crippen LogP contribution in [0.15, 0.2) is 47.1 Å². The Balaban J connectivity index is 1.74. The molecule has 0 bridgehead atoms. The van der Waals surface area contributed by atoms with Crippen molar-refractivity contribution in [1.29, 1.82) is 0 Å². The highest BCUT2D eigenvalue weighted by Crippen LogP contribution is 2.30. The maximum Gasteiger partial charge on any atom is 0.417 e. The zero-order chi connectivity index (χ0) is 18.6. The quantitative estimate of drug-likeness (QED) is 0.714. The van der Waals surface area contributed by atoms with E-state index in [4.69, 9.17) is 14.4 Å². The average Bonchev–Trinajstić information content (AvgIpc) is 3.09. The fourth-order valence-corrected chi connectivity index (χ4v) is 2.13. The van der Waals surface area contributed by atoms with E-state index in [0.29, 0.717) is 42.1 Å². The van der Waals surface area contributed by atoms with E-state index in [2.05, 4.69) is 15.1 Å². The first-order valence-electron chi connectivity index (χ1n) is 7.71. The van der Waals surface area contributed by atoms with Crippen molar-refractivity contribution in [2.24, 2.45) is 0 Å². The van der Waals surface area contributed by atoms with Gasteiger partial charge in [0.25, 0.3) is 0 Å². The van der Waals surface area contributed by atoms with E-state index >= 15 is 0 Å². The molecule has 0 spiro atoms. The number of aliphatic hydroxyl groups is 1. The van der Waals surface area contributed by atoms with Crippen LogP contribution >= 0.6 is 0 Å². The number of aromatic nitrogens is 3. The van der Waals surface area contributed by atoms with Crippen LogP contribution in [-0.2, 0) is 12.6 Å². The summed E-state index contributed by atoms with van der Waals surface area (Å²) in [6, 6.07) is 8.75. The van der Waals surface area contributed by atoms with Crippen LogP contribution in [0.25, 0.3) is 11.4 Å². The molecule has 0 saturated heterocycles. The summed E-state index contributed by atoms with van der Waals surface area (Å²) in [6.45, 7) is 0.0289. The summed E-state index contributed by atoms with van der Waals surface area (Å²) in [5.41, 5.74) is -0.228. The van der Waals surface area contributed by atoms with Crippen LogP contribution in [0.2, 0.25) is 0 Å². The minimum Gasteiger partial charge on any atom is -0.439 e. The summed E-state index contributed by atoms with van der Waals surface area (Å²) in [4.78, 5) is 7.88. The minimum absolute atomic E-state index is 0.0289. The smallest absolute Gasteiger partial charge is 0.417 e. The molecule has 136 valence electrons. The molecule has 9 heteroatoms. The Morgan fingerprint density at radius 3 is 2.69 bits per heavy atom. The molecular formula is C17H14F3N3O3. The van der Waals surface area contributed by atoms with Crippen LogP contribution in [0, 0.1) is 0 Å². The second kappa shape index (κ2) is 7.52. The van der Waals surface area contributed by atoms with E-state index in [0.717, 1.165) is 12.1 Å². The maximum absolute atomic E-state index is 12.5. The molecule has 26 heavy (non-hydrogen) atoms. The van der Waals surface area contributed by atoms with Crippen LogP contribution in [0.3, 0.4) is 0 Å². The number of hydrogen-bond acceptors (Lipinski definition) is 6. The molecule has 0 saturated carbocycles. The third kappa shape index (κ3) is 4.37. The number of aryl methyl sites for hydroxylation is 1. The van der Waals surface area contributed by atoms with Crippen LogP contribution in [0.1, 0.15) is 17.9 Å². The van der Waals surface area contributed by atoms with Gasteiger partial charge in [-0.1, -0.05) is 17.3 Å². The van der Waals surface area contributed by atoms with Crippen molar-refractivity contribution in [2.45, 2.75) is 19.0 Å². The largest absolute Gasteiger partial charge is 0.439 e. The predicted molar refractivity (Wildman–Crippen MR) is 84.5 cm³/mol. The second-order valence-corrected chi connectivity index (χ2v) is 5.35. The molecule has 1 N–H and O–H groups in total. The van der Waals surface area contributed by atoms with Crippen LogP contribution in [-0.4, -0.2) is 26.8 Å². The van der Waals surface area contributed by atoms with Gasteiger partial charge in [0.2, 0.25) is 17.6 Å². The summed E-state index contributed by atoms with van der Waals surface area (Å²) in [5.74, 6) is 1.16. The Bertz CT molecular complexity index is 863. The van der Waals surface area contributed by atoms with E-state index < -0.39 is 11.7 Å². The van der Waals surface area contributed by atoms with Gasteiger partial charge in [-0.25, -0.2) is 4.98 Å². The second-order valence-electron chi connectivity index (χ2n) is 5.35. The highest BCUT2D eigenvalue weighted by atomic mass is 19.4. The molecule has 2 aromatic heterocycles. The maximum atomic E-state index is 12.5.